The lowest BCUT2D eigenvalue weighted by Gasteiger charge is -2.30. The van der Waals surface area contributed by atoms with E-state index in [0.717, 1.165) is 24.1 Å². The van der Waals surface area contributed by atoms with Crippen molar-refractivity contribution in [1.82, 2.24) is 0 Å². The van der Waals surface area contributed by atoms with Gasteiger partial charge in [0, 0.05) is 11.7 Å². The molecule has 0 aromatic heterocycles. The molecule has 1 heterocycles. The van der Waals surface area contributed by atoms with E-state index < -0.39 is 5.97 Å². The van der Waals surface area contributed by atoms with Crippen LogP contribution >= 0.6 is 0 Å². The van der Waals surface area contributed by atoms with Crippen molar-refractivity contribution in [1.29, 1.82) is 0 Å². The van der Waals surface area contributed by atoms with Gasteiger partial charge in [0.2, 0.25) is 0 Å². The molecule has 1 aromatic rings. The van der Waals surface area contributed by atoms with Gasteiger partial charge in [-0.1, -0.05) is 6.92 Å². The van der Waals surface area contributed by atoms with Gasteiger partial charge in [0.1, 0.15) is 5.82 Å². The van der Waals surface area contributed by atoms with Crippen LogP contribution in [0.5, 0.6) is 0 Å². The molecule has 0 radical (unpaired) electrons. The molecule has 3 nitrogen and oxygen atoms in total. The fourth-order valence-corrected chi connectivity index (χ4v) is 2.43. The third-order valence-corrected chi connectivity index (χ3v) is 3.38. The van der Waals surface area contributed by atoms with Crippen molar-refractivity contribution in [2.75, 3.05) is 5.32 Å². The molecule has 2 atom stereocenters. The maximum Gasteiger partial charge on any atom is 0.308 e. The van der Waals surface area contributed by atoms with Crippen molar-refractivity contribution in [3.05, 3.63) is 29.6 Å². The highest BCUT2D eigenvalue weighted by Crippen LogP contribution is 2.29. The first-order chi connectivity index (χ1) is 8.11. The predicted molar refractivity (Wildman–Crippen MR) is 63.5 cm³/mol. The maximum absolute atomic E-state index is 13.0. The Morgan fingerprint density at radius 2 is 2.41 bits per heavy atom. The van der Waals surface area contributed by atoms with E-state index in [1.165, 1.54) is 12.1 Å². The Morgan fingerprint density at radius 1 is 1.65 bits per heavy atom. The highest BCUT2D eigenvalue weighted by Gasteiger charge is 2.29. The minimum absolute atomic E-state index is 0.0598. The highest BCUT2D eigenvalue weighted by atomic mass is 19.1. The number of carboxylic acids is 1. The summed E-state index contributed by atoms with van der Waals surface area (Å²) in [5, 5.41) is 12.3. The number of benzene rings is 1. The molecule has 0 spiro atoms. The Bertz CT molecular complexity index is 433. The van der Waals surface area contributed by atoms with Gasteiger partial charge in [-0.05, 0) is 43.0 Å². The lowest BCUT2D eigenvalue weighted by molar-refractivity contribution is -0.142. The average molecular weight is 237 g/mol. The number of fused-ring (bicyclic) bond motifs is 1. The summed E-state index contributed by atoms with van der Waals surface area (Å²) >= 11 is 0. The summed E-state index contributed by atoms with van der Waals surface area (Å²) in [7, 11) is 0. The number of hydrogen-bond donors (Lipinski definition) is 2. The molecule has 2 N–H and O–H groups in total. The van der Waals surface area contributed by atoms with Gasteiger partial charge in [-0.15, -0.1) is 0 Å². The van der Waals surface area contributed by atoms with Crippen LogP contribution in [-0.4, -0.2) is 17.1 Å². The molecule has 1 aromatic carbocycles. The number of rotatable bonds is 3. The van der Waals surface area contributed by atoms with Crippen LogP contribution in [0.1, 0.15) is 25.3 Å². The first kappa shape index (κ1) is 11.9. The van der Waals surface area contributed by atoms with E-state index in [0.29, 0.717) is 6.42 Å². The second-order valence-electron chi connectivity index (χ2n) is 4.44. The van der Waals surface area contributed by atoms with E-state index in [4.69, 9.17) is 5.11 Å². The number of halogens is 1. The average Bonchev–Trinajstić information content (AvgIpc) is 2.29. The molecular formula is C13H16FNO2. The van der Waals surface area contributed by atoms with Crippen LogP contribution < -0.4 is 5.32 Å². The molecule has 0 fully saturated rings. The molecule has 1 aliphatic heterocycles. The van der Waals surface area contributed by atoms with Gasteiger partial charge in [-0.3, -0.25) is 4.79 Å². The van der Waals surface area contributed by atoms with Gasteiger partial charge in [0.25, 0.3) is 0 Å². The first-order valence-corrected chi connectivity index (χ1v) is 5.89. The molecule has 1 aliphatic rings. The number of carboxylic acid groups (broad SMARTS) is 1. The Morgan fingerprint density at radius 3 is 3.06 bits per heavy atom. The number of anilines is 1. The summed E-state index contributed by atoms with van der Waals surface area (Å²) in [6.07, 6.45) is 2.07. The van der Waals surface area contributed by atoms with E-state index in [-0.39, 0.29) is 17.8 Å². The predicted octanol–water partition coefficient (Wildman–Crippen LogP) is 2.66. The van der Waals surface area contributed by atoms with Crippen LogP contribution in [0, 0.1) is 11.7 Å². The largest absolute Gasteiger partial charge is 0.481 e. The van der Waals surface area contributed by atoms with Crippen LogP contribution in [0.15, 0.2) is 18.2 Å². The van der Waals surface area contributed by atoms with Gasteiger partial charge >= 0.3 is 5.97 Å². The van der Waals surface area contributed by atoms with E-state index in [2.05, 4.69) is 5.32 Å². The standard InChI is InChI=1S/C13H16FNO2/c1-2-10(13(16)17)12-5-3-8-7-9(14)4-6-11(8)15-12/h4,6-7,10,12,15H,2-3,5H2,1H3,(H,16,17)/t10?,12-/m1/s1. The molecule has 17 heavy (non-hydrogen) atoms. The van der Waals surface area contributed by atoms with Gasteiger partial charge < -0.3 is 10.4 Å². The Balaban J connectivity index is 2.18. The van der Waals surface area contributed by atoms with Gasteiger partial charge in [-0.25, -0.2) is 4.39 Å². The molecule has 2 rings (SSSR count). The molecule has 1 unspecified atom stereocenters. The maximum atomic E-state index is 13.0. The van der Waals surface area contributed by atoms with E-state index in [1.807, 2.05) is 6.92 Å². The Kier molecular flexibility index (Phi) is 3.31. The van der Waals surface area contributed by atoms with Crippen LogP contribution in [0.25, 0.3) is 0 Å². The monoisotopic (exact) mass is 237 g/mol. The third kappa shape index (κ3) is 2.40. The number of nitrogens with one attached hydrogen (secondary N) is 1. The molecular weight excluding hydrogens is 221 g/mol. The van der Waals surface area contributed by atoms with Crippen molar-refractivity contribution >= 4 is 11.7 Å². The second kappa shape index (κ2) is 4.73. The van der Waals surface area contributed by atoms with Gasteiger partial charge in [-0.2, -0.15) is 0 Å². The number of hydrogen-bond acceptors (Lipinski definition) is 2. The zero-order valence-electron chi connectivity index (χ0n) is 9.74. The molecule has 0 bridgehead atoms. The lowest BCUT2D eigenvalue weighted by atomic mass is 9.88. The van der Waals surface area contributed by atoms with Crippen molar-refractivity contribution in [2.45, 2.75) is 32.2 Å². The molecule has 0 amide bonds. The Labute approximate surface area is 99.7 Å². The number of aryl methyl sites for hydroxylation is 1. The minimum atomic E-state index is -0.768. The highest BCUT2D eigenvalue weighted by molar-refractivity contribution is 5.72. The van der Waals surface area contributed by atoms with Gasteiger partial charge in [0.05, 0.1) is 5.92 Å². The fraction of sp³-hybridized carbons (Fsp3) is 0.462. The quantitative estimate of drug-likeness (QED) is 0.849. The van der Waals surface area contributed by atoms with E-state index in [1.54, 1.807) is 6.07 Å². The molecule has 0 aliphatic carbocycles. The lowest BCUT2D eigenvalue weighted by Crippen LogP contribution is -2.37. The molecule has 92 valence electrons. The zero-order chi connectivity index (χ0) is 12.4. The minimum Gasteiger partial charge on any atom is -0.481 e. The summed E-state index contributed by atoms with van der Waals surface area (Å²) < 4.78 is 13.0. The summed E-state index contributed by atoms with van der Waals surface area (Å²) in [5.41, 5.74) is 1.80. The third-order valence-electron chi connectivity index (χ3n) is 3.38. The molecule has 4 heteroatoms. The fourth-order valence-electron chi connectivity index (χ4n) is 2.43. The summed E-state index contributed by atoms with van der Waals surface area (Å²) in [4.78, 5) is 11.1. The summed E-state index contributed by atoms with van der Waals surface area (Å²) in [6.45, 7) is 1.88. The van der Waals surface area contributed by atoms with E-state index >= 15 is 0 Å². The zero-order valence-corrected chi connectivity index (χ0v) is 9.74. The van der Waals surface area contributed by atoms with Gasteiger partial charge in [0.15, 0.2) is 0 Å². The number of carbonyl (C=O) groups is 1. The molecule has 0 saturated heterocycles. The summed E-state index contributed by atoms with van der Waals surface area (Å²) in [5.74, 6) is -1.39. The Hall–Kier alpha value is -1.58. The van der Waals surface area contributed by atoms with Crippen LogP contribution in [0.3, 0.4) is 0 Å². The van der Waals surface area contributed by atoms with Crippen molar-refractivity contribution in [3.8, 4) is 0 Å². The summed E-state index contributed by atoms with van der Waals surface area (Å²) in [6, 6.07) is 4.54. The molecule has 0 saturated carbocycles. The SMILES string of the molecule is CCC(C(=O)O)[C@H]1CCc2cc(F)ccc2N1. The topological polar surface area (TPSA) is 49.3 Å². The van der Waals surface area contributed by atoms with Crippen molar-refractivity contribution in [3.63, 3.8) is 0 Å². The van der Waals surface area contributed by atoms with Crippen LogP contribution in [-0.2, 0) is 11.2 Å². The smallest absolute Gasteiger partial charge is 0.308 e. The van der Waals surface area contributed by atoms with Crippen LogP contribution in [0.2, 0.25) is 0 Å². The normalized spacial score (nSPS) is 20.2. The first-order valence-electron chi connectivity index (χ1n) is 5.89. The van der Waals surface area contributed by atoms with E-state index in [9.17, 15) is 9.18 Å². The number of aliphatic carboxylic acids is 1. The second-order valence-corrected chi connectivity index (χ2v) is 4.44. The van der Waals surface area contributed by atoms with Crippen molar-refractivity contribution < 1.29 is 14.3 Å². The van der Waals surface area contributed by atoms with Crippen LogP contribution in [0.4, 0.5) is 10.1 Å². The van der Waals surface area contributed by atoms with Crippen molar-refractivity contribution in [2.24, 2.45) is 5.92 Å².